The second-order valence-electron chi connectivity index (χ2n) is 6.45. The van der Waals surface area contributed by atoms with Gasteiger partial charge in [0.05, 0.1) is 0 Å². The highest BCUT2D eigenvalue weighted by Crippen LogP contribution is 2.20. The molecule has 2 rings (SSSR count). The Labute approximate surface area is 138 Å². The summed E-state index contributed by atoms with van der Waals surface area (Å²) < 4.78 is 13.1. The number of rotatable bonds is 5. The lowest BCUT2D eigenvalue weighted by molar-refractivity contribution is 0.140. The van der Waals surface area contributed by atoms with Gasteiger partial charge in [0.1, 0.15) is 5.82 Å². The Hall–Kier alpha value is -1.20. The first-order valence-corrected chi connectivity index (χ1v) is 8.46. The van der Waals surface area contributed by atoms with Gasteiger partial charge in [0.15, 0.2) is 5.11 Å². The molecule has 0 aromatic heterocycles. The van der Waals surface area contributed by atoms with E-state index in [0.29, 0.717) is 10.8 Å². The molecule has 1 aliphatic heterocycles. The Morgan fingerprint density at radius 2 is 2.05 bits per heavy atom. The standard InChI is InChI=1S/C17H26FN3S/c1-13-9-14(2)12-21(11-13)8-4-7-19-17(22)20-16-6-3-5-15(18)10-16/h3,5-6,10,13-14H,4,7-9,11-12H2,1-2H3,(H2,19,20,22)/t13-,14-/m0/s1. The molecule has 0 unspecified atom stereocenters. The molecule has 0 aliphatic carbocycles. The van der Waals surface area contributed by atoms with Gasteiger partial charge in [0.2, 0.25) is 0 Å². The van der Waals surface area contributed by atoms with Crippen molar-refractivity contribution in [1.82, 2.24) is 10.2 Å². The molecule has 0 amide bonds. The molecule has 2 atom stereocenters. The minimum atomic E-state index is -0.263. The van der Waals surface area contributed by atoms with E-state index in [0.717, 1.165) is 31.3 Å². The average Bonchev–Trinajstić information content (AvgIpc) is 2.42. The maximum Gasteiger partial charge on any atom is 0.170 e. The molecule has 1 saturated heterocycles. The molecule has 5 heteroatoms. The van der Waals surface area contributed by atoms with Crippen LogP contribution in [-0.4, -0.2) is 36.2 Å². The predicted molar refractivity (Wildman–Crippen MR) is 94.6 cm³/mol. The van der Waals surface area contributed by atoms with Crippen molar-refractivity contribution in [3.8, 4) is 0 Å². The smallest absolute Gasteiger partial charge is 0.170 e. The van der Waals surface area contributed by atoms with Crippen LogP contribution in [-0.2, 0) is 0 Å². The van der Waals surface area contributed by atoms with Gasteiger partial charge in [-0.3, -0.25) is 0 Å². The van der Waals surface area contributed by atoms with Gasteiger partial charge in [-0.15, -0.1) is 0 Å². The van der Waals surface area contributed by atoms with Gasteiger partial charge in [0.25, 0.3) is 0 Å². The SMILES string of the molecule is C[C@H]1C[C@H](C)CN(CCCNC(=S)Nc2cccc(F)c2)C1. The highest BCUT2D eigenvalue weighted by molar-refractivity contribution is 7.80. The highest BCUT2D eigenvalue weighted by atomic mass is 32.1. The maximum atomic E-state index is 13.1. The Bertz CT molecular complexity index is 485. The van der Waals surface area contributed by atoms with E-state index in [2.05, 4.69) is 29.4 Å². The number of thiocarbonyl (C=S) groups is 1. The van der Waals surface area contributed by atoms with Gasteiger partial charge < -0.3 is 15.5 Å². The number of nitrogens with one attached hydrogen (secondary N) is 2. The number of nitrogens with zero attached hydrogens (tertiary/aromatic N) is 1. The Balaban J connectivity index is 1.63. The summed E-state index contributed by atoms with van der Waals surface area (Å²) in [6.45, 7) is 9.01. The number of likely N-dealkylation sites (tertiary alicyclic amines) is 1. The van der Waals surface area contributed by atoms with E-state index >= 15 is 0 Å². The van der Waals surface area contributed by atoms with Crippen molar-refractivity contribution in [2.45, 2.75) is 26.7 Å². The van der Waals surface area contributed by atoms with Crippen molar-refractivity contribution < 1.29 is 4.39 Å². The largest absolute Gasteiger partial charge is 0.362 e. The molecule has 1 aromatic rings. The zero-order chi connectivity index (χ0) is 15.9. The van der Waals surface area contributed by atoms with Crippen LogP contribution in [0.1, 0.15) is 26.7 Å². The summed E-state index contributed by atoms with van der Waals surface area (Å²) in [6, 6.07) is 6.32. The summed E-state index contributed by atoms with van der Waals surface area (Å²) >= 11 is 5.23. The van der Waals surface area contributed by atoms with Gasteiger partial charge in [-0.05, 0) is 61.6 Å². The molecule has 1 heterocycles. The molecule has 1 fully saturated rings. The molecule has 0 radical (unpaired) electrons. The molecule has 0 spiro atoms. The van der Waals surface area contributed by atoms with E-state index in [1.165, 1.54) is 31.6 Å². The summed E-state index contributed by atoms with van der Waals surface area (Å²) in [7, 11) is 0. The highest BCUT2D eigenvalue weighted by Gasteiger charge is 2.20. The molecule has 1 aliphatic rings. The summed E-state index contributed by atoms with van der Waals surface area (Å²) in [5.74, 6) is 1.33. The Morgan fingerprint density at radius 3 is 2.73 bits per heavy atom. The average molecular weight is 323 g/mol. The fourth-order valence-electron chi connectivity index (χ4n) is 3.22. The predicted octanol–water partition coefficient (Wildman–Crippen LogP) is 3.48. The zero-order valence-electron chi connectivity index (χ0n) is 13.4. The molecule has 122 valence electrons. The molecule has 2 N–H and O–H groups in total. The van der Waals surface area contributed by atoms with E-state index in [4.69, 9.17) is 12.2 Å². The summed E-state index contributed by atoms with van der Waals surface area (Å²) in [5, 5.41) is 6.73. The summed E-state index contributed by atoms with van der Waals surface area (Å²) in [6.07, 6.45) is 2.40. The quantitative estimate of drug-likeness (QED) is 0.641. The number of anilines is 1. The summed E-state index contributed by atoms with van der Waals surface area (Å²) in [5.41, 5.74) is 0.677. The molecule has 1 aromatic carbocycles. The van der Waals surface area contributed by atoms with E-state index in [-0.39, 0.29) is 5.82 Å². The monoisotopic (exact) mass is 323 g/mol. The van der Waals surface area contributed by atoms with Crippen LogP contribution in [0.4, 0.5) is 10.1 Å². The number of piperidine rings is 1. The van der Waals surface area contributed by atoms with Gasteiger partial charge in [0, 0.05) is 25.3 Å². The van der Waals surface area contributed by atoms with Crippen LogP contribution < -0.4 is 10.6 Å². The Morgan fingerprint density at radius 1 is 1.32 bits per heavy atom. The minimum Gasteiger partial charge on any atom is -0.362 e. The zero-order valence-corrected chi connectivity index (χ0v) is 14.3. The van der Waals surface area contributed by atoms with Crippen LogP contribution in [0, 0.1) is 17.7 Å². The van der Waals surface area contributed by atoms with Gasteiger partial charge in [-0.25, -0.2) is 4.39 Å². The van der Waals surface area contributed by atoms with Crippen LogP contribution in [0.5, 0.6) is 0 Å². The fourth-order valence-corrected chi connectivity index (χ4v) is 3.44. The lowest BCUT2D eigenvalue weighted by atomic mass is 9.92. The third-order valence-electron chi connectivity index (χ3n) is 3.96. The Kier molecular flexibility index (Phi) is 6.58. The van der Waals surface area contributed by atoms with Crippen LogP contribution >= 0.6 is 12.2 Å². The van der Waals surface area contributed by atoms with Crippen molar-refractivity contribution in [3.05, 3.63) is 30.1 Å². The summed E-state index contributed by atoms with van der Waals surface area (Å²) in [4.78, 5) is 2.55. The molecular formula is C17H26FN3S. The first-order valence-electron chi connectivity index (χ1n) is 8.05. The number of benzene rings is 1. The molecule has 22 heavy (non-hydrogen) atoms. The van der Waals surface area contributed by atoms with Crippen molar-refractivity contribution in [2.24, 2.45) is 11.8 Å². The molecule has 0 bridgehead atoms. The van der Waals surface area contributed by atoms with E-state index in [1.54, 1.807) is 12.1 Å². The van der Waals surface area contributed by atoms with Crippen molar-refractivity contribution in [1.29, 1.82) is 0 Å². The first-order chi connectivity index (χ1) is 10.5. The number of hydrogen-bond acceptors (Lipinski definition) is 2. The van der Waals surface area contributed by atoms with Gasteiger partial charge in [-0.2, -0.15) is 0 Å². The van der Waals surface area contributed by atoms with Crippen molar-refractivity contribution in [2.75, 3.05) is 31.5 Å². The topological polar surface area (TPSA) is 27.3 Å². The minimum absolute atomic E-state index is 0.263. The number of hydrogen-bond donors (Lipinski definition) is 2. The van der Waals surface area contributed by atoms with Crippen LogP contribution in [0.25, 0.3) is 0 Å². The van der Waals surface area contributed by atoms with Gasteiger partial charge >= 0.3 is 0 Å². The van der Waals surface area contributed by atoms with Crippen LogP contribution in [0.2, 0.25) is 0 Å². The third-order valence-corrected chi connectivity index (χ3v) is 4.21. The molecule has 0 saturated carbocycles. The van der Waals surface area contributed by atoms with Crippen LogP contribution in [0.15, 0.2) is 24.3 Å². The number of halogens is 1. The van der Waals surface area contributed by atoms with Crippen LogP contribution in [0.3, 0.4) is 0 Å². The van der Waals surface area contributed by atoms with E-state index in [1.807, 2.05) is 0 Å². The second-order valence-corrected chi connectivity index (χ2v) is 6.86. The van der Waals surface area contributed by atoms with Crippen molar-refractivity contribution in [3.63, 3.8) is 0 Å². The normalized spacial score (nSPS) is 22.3. The van der Waals surface area contributed by atoms with E-state index < -0.39 is 0 Å². The fraction of sp³-hybridized carbons (Fsp3) is 0.588. The maximum absolute atomic E-state index is 13.1. The van der Waals surface area contributed by atoms with Crippen molar-refractivity contribution >= 4 is 23.0 Å². The van der Waals surface area contributed by atoms with Gasteiger partial charge in [-0.1, -0.05) is 19.9 Å². The third kappa shape index (κ3) is 5.89. The lowest BCUT2D eigenvalue weighted by Crippen LogP contribution is -2.40. The first kappa shape index (κ1) is 17.2. The molecular weight excluding hydrogens is 297 g/mol. The molecule has 3 nitrogen and oxygen atoms in total. The second kappa shape index (κ2) is 8.44. The van der Waals surface area contributed by atoms with E-state index in [9.17, 15) is 4.39 Å². The lowest BCUT2D eigenvalue weighted by Gasteiger charge is -2.34.